The lowest BCUT2D eigenvalue weighted by Gasteiger charge is -2.39. The molecule has 0 aliphatic carbocycles. The summed E-state index contributed by atoms with van der Waals surface area (Å²) in [4.78, 5) is 42.1. The highest BCUT2D eigenvalue weighted by Crippen LogP contribution is 2.66. The maximum Gasteiger partial charge on any atom is 0.310 e. The number of esters is 1. The molecular weight excluding hydrogens is 440 g/mol. The summed E-state index contributed by atoms with van der Waals surface area (Å²) >= 11 is 1.62. The molecule has 1 aromatic carbocycles. The van der Waals surface area contributed by atoms with Gasteiger partial charge in [-0.05, 0) is 31.2 Å². The van der Waals surface area contributed by atoms with E-state index >= 15 is 0 Å². The van der Waals surface area contributed by atoms with Crippen molar-refractivity contribution in [3.8, 4) is 0 Å². The first kappa shape index (κ1) is 24.1. The number of carbonyl (C=O) groups excluding carboxylic acids is 3. The van der Waals surface area contributed by atoms with Gasteiger partial charge in [0.2, 0.25) is 11.8 Å². The minimum absolute atomic E-state index is 0.0132. The van der Waals surface area contributed by atoms with E-state index in [1.54, 1.807) is 23.6 Å². The molecule has 1 aromatic rings. The second-order valence-corrected chi connectivity index (χ2v) is 11.0. The number of amides is 2. The molecule has 7 atom stereocenters. The summed E-state index contributed by atoms with van der Waals surface area (Å²) < 4.78 is 4.68. The molecule has 3 fully saturated rings. The van der Waals surface area contributed by atoms with E-state index in [1.165, 1.54) is 0 Å². The van der Waals surface area contributed by atoms with Gasteiger partial charge in [-0.25, -0.2) is 0 Å². The predicted octanol–water partition coefficient (Wildman–Crippen LogP) is 2.36. The molecule has 4 rings (SSSR count). The fourth-order valence-electron chi connectivity index (χ4n) is 5.95. The molecule has 0 saturated carbocycles. The van der Waals surface area contributed by atoms with Crippen LogP contribution in [0.3, 0.4) is 0 Å². The number of likely N-dealkylation sites (tertiary alicyclic amines) is 1. The lowest BCUT2D eigenvalue weighted by molar-refractivity contribution is -0.154. The van der Waals surface area contributed by atoms with Gasteiger partial charge < -0.3 is 20.1 Å². The first-order valence-electron chi connectivity index (χ1n) is 12.0. The number of nitrogens with one attached hydrogen (secondary N) is 1. The van der Waals surface area contributed by atoms with E-state index in [-0.39, 0.29) is 42.2 Å². The summed E-state index contributed by atoms with van der Waals surface area (Å²) in [6.07, 6.45) is 2.25. The molecule has 3 aliphatic rings. The Hall–Kier alpha value is -2.06. The average Bonchev–Trinajstić information content (AvgIpc) is 3.46. The molecule has 3 saturated heterocycles. The van der Waals surface area contributed by atoms with Crippen molar-refractivity contribution in [2.45, 2.75) is 68.7 Å². The second kappa shape index (κ2) is 9.66. The lowest BCUT2D eigenvalue weighted by atomic mass is 9.71. The van der Waals surface area contributed by atoms with Crippen LogP contribution in [0.2, 0.25) is 0 Å². The maximum atomic E-state index is 13.9. The van der Waals surface area contributed by atoms with Gasteiger partial charge in [0.05, 0.1) is 35.8 Å². The number of rotatable bonds is 9. The lowest BCUT2D eigenvalue weighted by Crippen LogP contribution is -2.57. The fourth-order valence-corrected chi connectivity index (χ4v) is 8.14. The molecule has 3 heterocycles. The van der Waals surface area contributed by atoms with Crippen molar-refractivity contribution in [2.24, 2.45) is 17.8 Å². The molecule has 2 amide bonds. The molecule has 0 aromatic heterocycles. The van der Waals surface area contributed by atoms with Crippen LogP contribution in [0, 0.1) is 17.8 Å². The van der Waals surface area contributed by atoms with Crippen LogP contribution in [0.15, 0.2) is 30.3 Å². The molecule has 1 spiro atoms. The van der Waals surface area contributed by atoms with E-state index in [9.17, 15) is 19.5 Å². The van der Waals surface area contributed by atoms with E-state index in [1.807, 2.05) is 44.2 Å². The van der Waals surface area contributed by atoms with Gasteiger partial charge in [-0.3, -0.25) is 14.4 Å². The average molecular weight is 475 g/mol. The van der Waals surface area contributed by atoms with Crippen molar-refractivity contribution in [2.75, 3.05) is 13.2 Å². The monoisotopic (exact) mass is 474 g/mol. The number of ether oxygens (including phenoxy) is 1. The summed E-state index contributed by atoms with van der Waals surface area (Å²) in [5, 5.41) is 13.3. The van der Waals surface area contributed by atoms with Gasteiger partial charge >= 0.3 is 5.97 Å². The minimum atomic E-state index is -0.723. The first-order chi connectivity index (χ1) is 15.9. The minimum Gasteiger partial charge on any atom is -0.466 e. The zero-order valence-corrected chi connectivity index (χ0v) is 20.3. The van der Waals surface area contributed by atoms with Gasteiger partial charge in [-0.15, -0.1) is 11.8 Å². The number of hydrogen-bond acceptors (Lipinski definition) is 6. The van der Waals surface area contributed by atoms with E-state index in [2.05, 4.69) is 5.32 Å². The Balaban J connectivity index is 1.70. The standard InChI is InChI=1S/C25H34N2O5S/c1-4-15(3)17(14-28)27-21(22(29)26-13-16-9-7-6-8-10-16)25-12-11-18(33-25)19(20(25)23(27)30)24(31)32-5-2/h6-10,15,17-21,28H,4-5,11-14H2,1-3H3,(H,26,29)/t15-,17-,18+,19-,20-,21?,25?/m0/s1. The molecule has 2 bridgehead atoms. The van der Waals surface area contributed by atoms with Gasteiger partial charge in [0, 0.05) is 11.8 Å². The fraction of sp³-hybridized carbons (Fsp3) is 0.640. The second-order valence-electron chi connectivity index (χ2n) is 9.39. The van der Waals surface area contributed by atoms with Crippen LogP contribution in [-0.2, 0) is 25.7 Å². The normalized spacial score (nSPS) is 31.9. The van der Waals surface area contributed by atoms with Gasteiger partial charge in [-0.2, -0.15) is 0 Å². The van der Waals surface area contributed by atoms with Crippen molar-refractivity contribution in [1.82, 2.24) is 10.2 Å². The van der Waals surface area contributed by atoms with Crippen LogP contribution in [0.4, 0.5) is 0 Å². The number of nitrogens with zero attached hydrogens (tertiary/aromatic N) is 1. The Kier molecular flexibility index (Phi) is 7.05. The summed E-state index contributed by atoms with van der Waals surface area (Å²) in [6.45, 7) is 6.18. The quantitative estimate of drug-likeness (QED) is 0.534. The Labute approximate surface area is 199 Å². The Morgan fingerprint density at radius 2 is 2.03 bits per heavy atom. The highest BCUT2D eigenvalue weighted by molar-refractivity contribution is 8.02. The molecule has 3 aliphatic heterocycles. The SMILES string of the molecule is CCOC(=O)[C@@H]1[C@H]2C(=O)N([C@@H](CO)[C@@H](C)CC)C(C(=O)NCc3ccccc3)C23CC[C@H]1S3. The molecule has 8 heteroatoms. The van der Waals surface area contributed by atoms with Crippen molar-refractivity contribution in [1.29, 1.82) is 0 Å². The maximum absolute atomic E-state index is 13.9. The van der Waals surface area contributed by atoms with Gasteiger partial charge in [0.15, 0.2) is 0 Å². The summed E-state index contributed by atoms with van der Waals surface area (Å²) in [5.41, 5.74) is 0.976. The van der Waals surface area contributed by atoms with Gasteiger partial charge in [-0.1, -0.05) is 50.6 Å². The zero-order valence-electron chi connectivity index (χ0n) is 19.5. The molecule has 180 valence electrons. The van der Waals surface area contributed by atoms with Crippen LogP contribution in [0.1, 0.15) is 45.6 Å². The Bertz CT molecular complexity index is 896. The van der Waals surface area contributed by atoms with Crippen molar-refractivity contribution in [3.05, 3.63) is 35.9 Å². The Morgan fingerprint density at radius 3 is 2.67 bits per heavy atom. The predicted molar refractivity (Wildman–Crippen MR) is 126 cm³/mol. The smallest absolute Gasteiger partial charge is 0.310 e. The van der Waals surface area contributed by atoms with Crippen LogP contribution in [-0.4, -0.2) is 63.1 Å². The molecule has 2 unspecified atom stereocenters. The largest absolute Gasteiger partial charge is 0.466 e. The van der Waals surface area contributed by atoms with Crippen LogP contribution in [0.5, 0.6) is 0 Å². The highest BCUT2D eigenvalue weighted by Gasteiger charge is 2.74. The first-order valence-corrected chi connectivity index (χ1v) is 12.9. The van der Waals surface area contributed by atoms with E-state index in [4.69, 9.17) is 4.74 Å². The summed E-state index contributed by atoms with van der Waals surface area (Å²) in [7, 11) is 0. The van der Waals surface area contributed by atoms with Crippen molar-refractivity contribution >= 4 is 29.5 Å². The number of aliphatic hydroxyl groups is 1. The molecular formula is C25H34N2O5S. The van der Waals surface area contributed by atoms with Crippen LogP contribution in [0.25, 0.3) is 0 Å². The van der Waals surface area contributed by atoms with Crippen molar-refractivity contribution < 1.29 is 24.2 Å². The molecule has 7 nitrogen and oxygen atoms in total. The van der Waals surface area contributed by atoms with Gasteiger partial charge in [0.1, 0.15) is 6.04 Å². The number of thioether (sulfide) groups is 1. The number of aliphatic hydroxyl groups excluding tert-OH is 1. The third kappa shape index (κ3) is 3.95. The molecule has 2 N–H and O–H groups in total. The third-order valence-corrected chi connectivity index (χ3v) is 9.65. The van der Waals surface area contributed by atoms with E-state index < -0.39 is 28.7 Å². The van der Waals surface area contributed by atoms with Gasteiger partial charge in [0.25, 0.3) is 0 Å². The number of benzene rings is 1. The molecule has 33 heavy (non-hydrogen) atoms. The highest BCUT2D eigenvalue weighted by atomic mass is 32.2. The molecule has 0 radical (unpaired) electrons. The van der Waals surface area contributed by atoms with E-state index in [0.717, 1.165) is 18.4 Å². The van der Waals surface area contributed by atoms with Crippen LogP contribution >= 0.6 is 11.8 Å². The summed E-state index contributed by atoms with van der Waals surface area (Å²) in [5.74, 6) is -1.87. The Morgan fingerprint density at radius 1 is 1.30 bits per heavy atom. The number of hydrogen-bond donors (Lipinski definition) is 2. The van der Waals surface area contributed by atoms with E-state index in [0.29, 0.717) is 13.0 Å². The van der Waals surface area contributed by atoms with Crippen molar-refractivity contribution in [3.63, 3.8) is 0 Å². The zero-order chi connectivity index (χ0) is 23.8. The third-order valence-electron chi connectivity index (χ3n) is 7.70. The number of fused-ring (bicyclic) bond motifs is 1. The summed E-state index contributed by atoms with van der Waals surface area (Å²) in [6, 6.07) is 8.46. The topological polar surface area (TPSA) is 95.9 Å². The van der Waals surface area contributed by atoms with Crippen LogP contribution < -0.4 is 5.32 Å². The number of carbonyl (C=O) groups is 3.